The van der Waals surface area contributed by atoms with E-state index in [9.17, 15) is 9.90 Å². The molecule has 1 fully saturated rings. The van der Waals surface area contributed by atoms with Crippen molar-refractivity contribution in [1.29, 1.82) is 0 Å². The summed E-state index contributed by atoms with van der Waals surface area (Å²) in [7, 11) is 3.54. The number of rotatable bonds is 5. The fraction of sp³-hybridized carbons (Fsp3) is 0.923. The Morgan fingerprint density at radius 3 is 2.47 bits per heavy atom. The van der Waals surface area contributed by atoms with Crippen LogP contribution in [0, 0.1) is 0 Å². The standard InChI is InChI=1S/C13H26N2O2/c1-11(9-12(16)15(2)3)14-10-13(17)7-5-4-6-8-13/h11,14,17H,4-10H2,1-3H3. The van der Waals surface area contributed by atoms with Gasteiger partial charge in [0.05, 0.1) is 5.60 Å². The molecule has 2 N–H and O–H groups in total. The van der Waals surface area contributed by atoms with Gasteiger partial charge in [-0.3, -0.25) is 4.79 Å². The molecule has 0 heterocycles. The summed E-state index contributed by atoms with van der Waals surface area (Å²) in [6.45, 7) is 2.60. The molecule has 0 aromatic carbocycles. The monoisotopic (exact) mass is 242 g/mol. The average Bonchev–Trinajstić information content (AvgIpc) is 2.27. The van der Waals surface area contributed by atoms with Gasteiger partial charge in [0, 0.05) is 33.1 Å². The van der Waals surface area contributed by atoms with Crippen molar-refractivity contribution in [3.05, 3.63) is 0 Å². The van der Waals surface area contributed by atoms with E-state index in [4.69, 9.17) is 0 Å². The summed E-state index contributed by atoms with van der Waals surface area (Å²) in [6.07, 6.45) is 5.72. The first kappa shape index (κ1) is 14.5. The Morgan fingerprint density at radius 1 is 1.35 bits per heavy atom. The van der Waals surface area contributed by atoms with Crippen LogP contribution in [0.5, 0.6) is 0 Å². The molecular weight excluding hydrogens is 216 g/mol. The van der Waals surface area contributed by atoms with E-state index in [1.165, 1.54) is 6.42 Å². The average molecular weight is 242 g/mol. The van der Waals surface area contributed by atoms with Crippen LogP contribution < -0.4 is 5.32 Å². The highest BCUT2D eigenvalue weighted by molar-refractivity contribution is 5.76. The number of aliphatic hydroxyl groups is 1. The van der Waals surface area contributed by atoms with Gasteiger partial charge in [-0.05, 0) is 19.8 Å². The van der Waals surface area contributed by atoms with Crippen molar-refractivity contribution in [3.63, 3.8) is 0 Å². The zero-order valence-electron chi connectivity index (χ0n) is 11.3. The number of amides is 1. The summed E-state index contributed by atoms with van der Waals surface area (Å²) < 4.78 is 0. The number of hydrogen-bond donors (Lipinski definition) is 2. The quantitative estimate of drug-likeness (QED) is 0.760. The Bertz CT molecular complexity index is 248. The summed E-state index contributed by atoms with van der Waals surface area (Å²) >= 11 is 0. The van der Waals surface area contributed by atoms with Gasteiger partial charge in [0.1, 0.15) is 0 Å². The molecule has 1 unspecified atom stereocenters. The molecule has 0 aromatic heterocycles. The molecule has 1 rings (SSSR count). The molecule has 1 aliphatic rings. The van der Waals surface area contributed by atoms with E-state index in [-0.39, 0.29) is 11.9 Å². The Labute approximate surface area is 104 Å². The fourth-order valence-electron chi connectivity index (χ4n) is 2.27. The van der Waals surface area contributed by atoms with Gasteiger partial charge in [-0.15, -0.1) is 0 Å². The van der Waals surface area contributed by atoms with Crippen molar-refractivity contribution in [2.45, 2.75) is 57.1 Å². The highest BCUT2D eigenvalue weighted by Gasteiger charge is 2.29. The highest BCUT2D eigenvalue weighted by atomic mass is 16.3. The smallest absolute Gasteiger partial charge is 0.223 e. The van der Waals surface area contributed by atoms with E-state index in [1.807, 2.05) is 6.92 Å². The second kappa shape index (κ2) is 6.36. The Hall–Kier alpha value is -0.610. The number of carbonyl (C=O) groups excluding carboxylic acids is 1. The van der Waals surface area contributed by atoms with E-state index >= 15 is 0 Å². The van der Waals surface area contributed by atoms with Gasteiger partial charge in [-0.1, -0.05) is 19.3 Å². The van der Waals surface area contributed by atoms with Gasteiger partial charge >= 0.3 is 0 Å². The van der Waals surface area contributed by atoms with Crippen LogP contribution in [0.1, 0.15) is 45.4 Å². The highest BCUT2D eigenvalue weighted by Crippen LogP contribution is 2.27. The molecule has 1 saturated carbocycles. The lowest BCUT2D eigenvalue weighted by molar-refractivity contribution is -0.129. The van der Waals surface area contributed by atoms with Crippen molar-refractivity contribution < 1.29 is 9.90 Å². The van der Waals surface area contributed by atoms with Crippen molar-refractivity contribution >= 4 is 5.91 Å². The molecule has 100 valence electrons. The van der Waals surface area contributed by atoms with Crippen molar-refractivity contribution in [3.8, 4) is 0 Å². The molecule has 4 heteroatoms. The normalized spacial score (nSPS) is 20.9. The second-order valence-corrected chi connectivity index (χ2v) is 5.56. The van der Waals surface area contributed by atoms with Gasteiger partial charge < -0.3 is 15.3 Å². The van der Waals surface area contributed by atoms with Gasteiger partial charge in [0.25, 0.3) is 0 Å². The van der Waals surface area contributed by atoms with E-state index in [0.717, 1.165) is 25.7 Å². The van der Waals surface area contributed by atoms with Crippen LogP contribution in [0.15, 0.2) is 0 Å². The first-order valence-electron chi connectivity index (χ1n) is 6.59. The molecule has 0 bridgehead atoms. The summed E-state index contributed by atoms with van der Waals surface area (Å²) in [5.41, 5.74) is -0.548. The Morgan fingerprint density at radius 2 is 1.94 bits per heavy atom. The SMILES string of the molecule is CC(CC(=O)N(C)C)NCC1(O)CCCCC1. The summed E-state index contributed by atoms with van der Waals surface area (Å²) in [5, 5.41) is 13.6. The molecule has 1 amide bonds. The van der Waals surface area contributed by atoms with E-state index in [1.54, 1.807) is 19.0 Å². The Balaban J connectivity index is 2.27. The van der Waals surface area contributed by atoms with Crippen molar-refractivity contribution in [1.82, 2.24) is 10.2 Å². The number of nitrogens with zero attached hydrogens (tertiary/aromatic N) is 1. The molecule has 0 radical (unpaired) electrons. The fourth-order valence-corrected chi connectivity index (χ4v) is 2.27. The molecule has 17 heavy (non-hydrogen) atoms. The van der Waals surface area contributed by atoms with Gasteiger partial charge in [0.2, 0.25) is 5.91 Å². The third kappa shape index (κ3) is 5.04. The van der Waals surface area contributed by atoms with E-state index in [2.05, 4.69) is 5.32 Å². The number of nitrogens with one attached hydrogen (secondary N) is 1. The molecule has 0 aromatic rings. The third-order valence-corrected chi connectivity index (χ3v) is 3.54. The maximum absolute atomic E-state index is 11.5. The molecule has 0 aliphatic heterocycles. The van der Waals surface area contributed by atoms with Crippen LogP contribution in [0.25, 0.3) is 0 Å². The van der Waals surface area contributed by atoms with Crippen LogP contribution in [0.3, 0.4) is 0 Å². The zero-order valence-corrected chi connectivity index (χ0v) is 11.3. The lowest BCUT2D eigenvalue weighted by Crippen LogP contribution is -2.46. The van der Waals surface area contributed by atoms with E-state index < -0.39 is 5.60 Å². The first-order valence-corrected chi connectivity index (χ1v) is 6.59. The van der Waals surface area contributed by atoms with Crippen molar-refractivity contribution in [2.24, 2.45) is 0 Å². The largest absolute Gasteiger partial charge is 0.389 e. The lowest BCUT2D eigenvalue weighted by Gasteiger charge is -2.33. The third-order valence-electron chi connectivity index (χ3n) is 3.54. The molecular formula is C13H26N2O2. The minimum absolute atomic E-state index is 0.121. The maximum atomic E-state index is 11.5. The van der Waals surface area contributed by atoms with Gasteiger partial charge in [-0.25, -0.2) is 0 Å². The molecule has 1 atom stereocenters. The zero-order chi connectivity index (χ0) is 12.9. The lowest BCUT2D eigenvalue weighted by atomic mass is 9.85. The minimum atomic E-state index is -0.548. The summed E-state index contributed by atoms with van der Waals surface area (Å²) in [6, 6.07) is 0.121. The van der Waals surface area contributed by atoms with Crippen LogP contribution in [-0.4, -0.2) is 48.2 Å². The van der Waals surface area contributed by atoms with Crippen LogP contribution >= 0.6 is 0 Å². The molecule has 0 spiro atoms. The van der Waals surface area contributed by atoms with Crippen LogP contribution in [0.4, 0.5) is 0 Å². The second-order valence-electron chi connectivity index (χ2n) is 5.56. The first-order chi connectivity index (χ1) is 7.93. The molecule has 4 nitrogen and oxygen atoms in total. The summed E-state index contributed by atoms with van der Waals surface area (Å²) in [4.78, 5) is 13.1. The Kier molecular flexibility index (Phi) is 5.40. The van der Waals surface area contributed by atoms with Crippen LogP contribution in [-0.2, 0) is 4.79 Å². The predicted molar refractivity (Wildman–Crippen MR) is 68.8 cm³/mol. The van der Waals surface area contributed by atoms with E-state index in [0.29, 0.717) is 13.0 Å². The molecule has 0 saturated heterocycles. The topological polar surface area (TPSA) is 52.6 Å². The number of carbonyl (C=O) groups is 1. The van der Waals surface area contributed by atoms with Gasteiger partial charge in [0.15, 0.2) is 0 Å². The predicted octanol–water partition coefficient (Wildman–Crippen LogP) is 1.14. The van der Waals surface area contributed by atoms with Gasteiger partial charge in [-0.2, -0.15) is 0 Å². The minimum Gasteiger partial charge on any atom is -0.389 e. The molecule has 1 aliphatic carbocycles. The van der Waals surface area contributed by atoms with Crippen molar-refractivity contribution in [2.75, 3.05) is 20.6 Å². The number of hydrogen-bond acceptors (Lipinski definition) is 3. The summed E-state index contributed by atoms with van der Waals surface area (Å²) in [5.74, 6) is 0.126. The maximum Gasteiger partial charge on any atom is 0.223 e. The van der Waals surface area contributed by atoms with Crippen LogP contribution in [0.2, 0.25) is 0 Å².